The Kier molecular flexibility index (Phi) is 8.58. The lowest BCUT2D eigenvalue weighted by atomic mass is 10.2. The number of halogens is 1. The van der Waals surface area contributed by atoms with Crippen molar-refractivity contribution in [2.45, 2.75) is 26.4 Å². The summed E-state index contributed by atoms with van der Waals surface area (Å²) >= 11 is 0. The van der Waals surface area contributed by atoms with Crippen LogP contribution in [-0.4, -0.2) is 17.7 Å². The van der Waals surface area contributed by atoms with Crippen LogP contribution in [-0.2, 0) is 9.53 Å². The average molecular weight is 483 g/mol. The molecule has 0 aliphatic rings. The summed E-state index contributed by atoms with van der Waals surface area (Å²) in [5.41, 5.74) is -0.494. The fraction of sp³-hybridized carbons (Fsp3) is 0.192. The molecule has 3 aromatic carbocycles. The topological polar surface area (TPSA) is 26.3 Å². The van der Waals surface area contributed by atoms with Crippen molar-refractivity contribution in [2.75, 3.05) is 6.16 Å². The SMILES string of the molecule is CC(C)(C)OC(=O)/C=C/C[P+](c1ccccc1)(c1ccccc1)c1ccccc1.[Br-]. The molecule has 0 heterocycles. The van der Waals surface area contributed by atoms with E-state index >= 15 is 0 Å². The Hall–Kier alpha value is -2.22. The minimum absolute atomic E-state index is 0. The maximum absolute atomic E-state index is 12.3. The Morgan fingerprint density at radius 1 is 0.767 bits per heavy atom. The molecule has 0 aliphatic carbocycles. The summed E-state index contributed by atoms with van der Waals surface area (Å²) in [4.78, 5) is 12.3. The third kappa shape index (κ3) is 5.90. The molecule has 156 valence electrons. The first-order valence-corrected chi connectivity index (χ1v) is 11.8. The van der Waals surface area contributed by atoms with Crippen molar-refractivity contribution in [2.24, 2.45) is 0 Å². The fourth-order valence-electron chi connectivity index (χ4n) is 3.45. The van der Waals surface area contributed by atoms with Gasteiger partial charge in [0.25, 0.3) is 0 Å². The highest BCUT2D eigenvalue weighted by Crippen LogP contribution is 2.55. The highest BCUT2D eigenvalue weighted by molar-refractivity contribution is 7.95. The quantitative estimate of drug-likeness (QED) is 0.304. The molecule has 3 rings (SSSR count). The number of allylic oxidation sites excluding steroid dienone is 1. The van der Waals surface area contributed by atoms with Gasteiger partial charge in [0, 0.05) is 6.08 Å². The number of hydrogen-bond donors (Lipinski definition) is 0. The van der Waals surface area contributed by atoms with Crippen LogP contribution in [0.3, 0.4) is 0 Å². The van der Waals surface area contributed by atoms with Gasteiger partial charge in [-0.1, -0.05) is 54.6 Å². The zero-order chi connectivity index (χ0) is 20.7. The second kappa shape index (κ2) is 10.7. The molecule has 0 saturated carbocycles. The number of hydrogen-bond acceptors (Lipinski definition) is 2. The summed E-state index contributed by atoms with van der Waals surface area (Å²) in [5, 5.41) is 3.89. The normalized spacial score (nSPS) is 11.7. The van der Waals surface area contributed by atoms with Crippen LogP contribution in [0.15, 0.2) is 103 Å². The van der Waals surface area contributed by atoms with E-state index in [1.165, 1.54) is 15.9 Å². The first kappa shape index (κ1) is 24.1. The van der Waals surface area contributed by atoms with Gasteiger partial charge in [-0.25, -0.2) is 4.79 Å². The molecule has 0 spiro atoms. The molecule has 0 N–H and O–H groups in total. The third-order valence-corrected chi connectivity index (χ3v) is 8.93. The average Bonchev–Trinajstić information content (AvgIpc) is 2.72. The molecule has 0 amide bonds. The van der Waals surface area contributed by atoms with E-state index in [1.807, 2.05) is 45.0 Å². The van der Waals surface area contributed by atoms with Crippen molar-refractivity contribution >= 4 is 29.1 Å². The predicted octanol–water partition coefficient (Wildman–Crippen LogP) is 1.88. The Balaban J connectivity index is 0.00000320. The van der Waals surface area contributed by atoms with Crippen molar-refractivity contribution in [3.63, 3.8) is 0 Å². The van der Waals surface area contributed by atoms with Crippen molar-refractivity contribution in [1.82, 2.24) is 0 Å². The molecule has 0 unspecified atom stereocenters. The molecule has 0 fully saturated rings. The lowest BCUT2D eigenvalue weighted by Crippen LogP contribution is -3.00. The van der Waals surface area contributed by atoms with Crippen molar-refractivity contribution in [3.05, 3.63) is 103 Å². The molecule has 0 radical (unpaired) electrons. The molecule has 0 atom stereocenters. The van der Waals surface area contributed by atoms with Crippen LogP contribution in [0.5, 0.6) is 0 Å². The lowest BCUT2D eigenvalue weighted by Gasteiger charge is -2.26. The van der Waals surface area contributed by atoms with E-state index in [1.54, 1.807) is 6.08 Å². The highest BCUT2D eigenvalue weighted by atomic mass is 79.9. The summed E-state index contributed by atoms with van der Waals surface area (Å²) in [6, 6.07) is 31.9. The molecular formula is C26H28BrO2P. The Morgan fingerprint density at radius 3 is 1.47 bits per heavy atom. The fourth-order valence-corrected chi connectivity index (χ4v) is 7.45. The molecule has 2 nitrogen and oxygen atoms in total. The van der Waals surface area contributed by atoms with Crippen molar-refractivity contribution < 1.29 is 26.5 Å². The first-order valence-electron chi connectivity index (χ1n) is 9.86. The second-order valence-corrected chi connectivity index (χ2v) is 11.5. The highest BCUT2D eigenvalue weighted by Gasteiger charge is 2.44. The molecule has 0 saturated heterocycles. The Labute approximate surface area is 191 Å². The van der Waals surface area contributed by atoms with E-state index in [0.717, 1.165) is 6.16 Å². The van der Waals surface area contributed by atoms with Gasteiger partial charge in [0.05, 0.1) is 6.16 Å². The maximum Gasteiger partial charge on any atom is 0.331 e. The summed E-state index contributed by atoms with van der Waals surface area (Å²) in [7, 11) is -1.96. The molecule has 0 aliphatic heterocycles. The molecule has 0 aromatic heterocycles. The van der Waals surface area contributed by atoms with Crippen LogP contribution in [0.1, 0.15) is 20.8 Å². The van der Waals surface area contributed by atoms with Crippen molar-refractivity contribution in [1.29, 1.82) is 0 Å². The van der Waals surface area contributed by atoms with Gasteiger partial charge in [0.15, 0.2) is 0 Å². The van der Waals surface area contributed by atoms with Crippen molar-refractivity contribution in [3.8, 4) is 0 Å². The van der Waals surface area contributed by atoms with Gasteiger partial charge in [-0.2, -0.15) is 0 Å². The van der Waals surface area contributed by atoms with Gasteiger partial charge in [-0.3, -0.25) is 0 Å². The van der Waals surface area contributed by atoms with E-state index in [0.29, 0.717) is 0 Å². The Morgan fingerprint density at radius 2 is 1.13 bits per heavy atom. The summed E-state index contributed by atoms with van der Waals surface area (Å²) in [5.74, 6) is -0.301. The van der Waals surface area contributed by atoms with Crippen LogP contribution in [0.2, 0.25) is 0 Å². The second-order valence-electron chi connectivity index (χ2n) is 7.93. The number of benzene rings is 3. The van der Waals surface area contributed by atoms with E-state index in [2.05, 4.69) is 72.8 Å². The van der Waals surface area contributed by atoms with E-state index in [-0.39, 0.29) is 23.0 Å². The summed E-state index contributed by atoms with van der Waals surface area (Å²) in [6.07, 6.45) is 4.31. The largest absolute Gasteiger partial charge is 1.00 e. The van der Waals surface area contributed by atoms with Crippen LogP contribution in [0.25, 0.3) is 0 Å². The summed E-state index contributed by atoms with van der Waals surface area (Å²) < 4.78 is 5.46. The van der Waals surface area contributed by atoms with Gasteiger partial charge in [-0.15, -0.1) is 0 Å². The molecular weight excluding hydrogens is 455 g/mol. The maximum atomic E-state index is 12.3. The monoisotopic (exact) mass is 482 g/mol. The number of carbonyl (C=O) groups excluding carboxylic acids is 1. The van der Waals surface area contributed by atoms with E-state index < -0.39 is 12.9 Å². The number of rotatable bonds is 6. The number of ether oxygens (including phenoxy) is 1. The smallest absolute Gasteiger partial charge is 0.331 e. The molecule has 3 aromatic rings. The predicted molar refractivity (Wildman–Crippen MR) is 125 cm³/mol. The van der Waals surface area contributed by atoms with Gasteiger partial charge in [-0.05, 0) is 63.2 Å². The third-order valence-electron chi connectivity index (χ3n) is 4.63. The standard InChI is InChI=1S/C26H28O2P.BrH/c1-26(2,3)28-25(27)20-13-21-29(22-14-7-4-8-15-22,23-16-9-5-10-17-23)24-18-11-6-12-19-24;/h4-20H,21H2,1-3H3;1H/q+1;/p-1/b20-13+;. The van der Waals surface area contributed by atoms with E-state index in [4.69, 9.17) is 4.74 Å². The van der Waals surface area contributed by atoms with Gasteiger partial charge >= 0.3 is 5.97 Å². The van der Waals surface area contributed by atoms with Crippen LogP contribution in [0, 0.1) is 0 Å². The minimum Gasteiger partial charge on any atom is -1.00 e. The Bertz CT molecular complexity index is 852. The molecule has 0 bridgehead atoms. The van der Waals surface area contributed by atoms with Crippen LogP contribution in [0.4, 0.5) is 0 Å². The van der Waals surface area contributed by atoms with Gasteiger partial charge < -0.3 is 21.7 Å². The zero-order valence-corrected chi connectivity index (χ0v) is 20.1. The van der Waals surface area contributed by atoms with Gasteiger partial charge in [0.2, 0.25) is 0 Å². The lowest BCUT2D eigenvalue weighted by molar-refractivity contribution is -0.148. The molecule has 4 heteroatoms. The summed E-state index contributed by atoms with van der Waals surface area (Å²) in [6.45, 7) is 5.65. The zero-order valence-electron chi connectivity index (χ0n) is 17.7. The van der Waals surface area contributed by atoms with E-state index in [9.17, 15) is 4.79 Å². The first-order chi connectivity index (χ1) is 13.9. The number of esters is 1. The van der Waals surface area contributed by atoms with Crippen LogP contribution < -0.4 is 32.9 Å². The molecule has 30 heavy (non-hydrogen) atoms. The van der Waals surface area contributed by atoms with Gasteiger partial charge in [0.1, 0.15) is 28.8 Å². The number of carbonyl (C=O) groups is 1. The minimum atomic E-state index is -1.96. The van der Waals surface area contributed by atoms with Crippen LogP contribution >= 0.6 is 7.26 Å².